The Kier molecular flexibility index (Phi) is 9.73. The van der Waals surface area contributed by atoms with Gasteiger partial charge in [0.15, 0.2) is 0 Å². The monoisotopic (exact) mass is 502 g/mol. The number of alkyl carbamates (subject to hydrolysis) is 1. The zero-order valence-electron chi connectivity index (χ0n) is 22.0. The number of benzene rings is 1. The minimum absolute atomic E-state index is 0.0181. The Balaban J connectivity index is 1.41. The standard InChI is InChI=1S/C27H42N4O5/c1-17(22(11-12-23(28)32)31-25(33)24-21-14-20(21)15-30-24)35-16-19-9-7-18(8-10-19)6-5-13-29-26(34)36-27(2,3)4/h7-10,17,20-22,24,30H,5-6,11-16H2,1-4H3,(H2,28,32)(H,29,34)(H,31,33)/t17-,20-,21-,22+,24+/m1/s1. The van der Waals surface area contributed by atoms with E-state index >= 15 is 0 Å². The molecule has 1 aliphatic carbocycles. The number of hydrogen-bond acceptors (Lipinski definition) is 6. The minimum Gasteiger partial charge on any atom is -0.444 e. The first-order valence-electron chi connectivity index (χ1n) is 13.0. The van der Waals surface area contributed by atoms with Crippen molar-refractivity contribution in [1.82, 2.24) is 16.0 Å². The molecule has 1 saturated carbocycles. The first kappa shape index (κ1) is 27.9. The fourth-order valence-corrected chi connectivity index (χ4v) is 4.57. The van der Waals surface area contributed by atoms with E-state index in [1.807, 2.05) is 39.8 Å². The Hall–Kier alpha value is -2.65. The molecule has 9 nitrogen and oxygen atoms in total. The number of piperidine rings is 1. The van der Waals surface area contributed by atoms with E-state index in [2.05, 4.69) is 28.1 Å². The van der Waals surface area contributed by atoms with Gasteiger partial charge in [-0.3, -0.25) is 9.59 Å². The molecule has 36 heavy (non-hydrogen) atoms. The number of primary amides is 1. The first-order chi connectivity index (χ1) is 17.0. The van der Waals surface area contributed by atoms with Crippen LogP contribution in [0.4, 0.5) is 4.79 Å². The second-order valence-electron chi connectivity index (χ2n) is 11.0. The molecular formula is C27H42N4O5. The van der Waals surface area contributed by atoms with Gasteiger partial charge in [0.1, 0.15) is 5.60 Å². The number of rotatable bonds is 13. The number of aryl methyl sites for hydroxylation is 1. The van der Waals surface area contributed by atoms with Gasteiger partial charge in [0.25, 0.3) is 0 Å². The zero-order chi connectivity index (χ0) is 26.3. The van der Waals surface area contributed by atoms with Gasteiger partial charge in [0, 0.05) is 13.0 Å². The van der Waals surface area contributed by atoms with Crippen LogP contribution < -0.4 is 21.7 Å². The van der Waals surface area contributed by atoms with Crippen molar-refractivity contribution in [3.05, 3.63) is 35.4 Å². The zero-order valence-corrected chi connectivity index (χ0v) is 22.0. The maximum atomic E-state index is 12.8. The van der Waals surface area contributed by atoms with Crippen molar-refractivity contribution in [2.75, 3.05) is 13.1 Å². The summed E-state index contributed by atoms with van der Waals surface area (Å²) in [6.45, 7) is 9.28. The Morgan fingerprint density at radius 2 is 1.86 bits per heavy atom. The lowest BCUT2D eigenvalue weighted by Gasteiger charge is -2.27. The largest absolute Gasteiger partial charge is 0.444 e. The van der Waals surface area contributed by atoms with E-state index in [9.17, 15) is 14.4 Å². The molecule has 0 radical (unpaired) electrons. The predicted molar refractivity (Wildman–Crippen MR) is 137 cm³/mol. The van der Waals surface area contributed by atoms with Gasteiger partial charge >= 0.3 is 6.09 Å². The molecule has 1 aromatic rings. The van der Waals surface area contributed by atoms with Crippen LogP contribution in [0.3, 0.4) is 0 Å². The topological polar surface area (TPSA) is 132 Å². The number of hydrogen-bond donors (Lipinski definition) is 4. The molecule has 1 heterocycles. The highest BCUT2D eigenvalue weighted by molar-refractivity contribution is 5.83. The highest BCUT2D eigenvalue weighted by atomic mass is 16.6. The highest BCUT2D eigenvalue weighted by Gasteiger charge is 2.51. The number of carbonyl (C=O) groups excluding carboxylic acids is 3. The summed E-state index contributed by atoms with van der Waals surface area (Å²) in [4.78, 5) is 35.8. The molecule has 1 saturated heterocycles. The molecule has 2 aliphatic rings. The minimum atomic E-state index is -0.500. The lowest BCUT2D eigenvalue weighted by Crippen LogP contribution is -2.51. The number of carbonyl (C=O) groups is 3. The molecule has 9 heteroatoms. The van der Waals surface area contributed by atoms with E-state index in [1.54, 1.807) is 0 Å². The summed E-state index contributed by atoms with van der Waals surface area (Å²) >= 11 is 0. The molecular weight excluding hydrogens is 460 g/mol. The van der Waals surface area contributed by atoms with E-state index in [0.717, 1.165) is 31.4 Å². The smallest absolute Gasteiger partial charge is 0.407 e. The highest BCUT2D eigenvalue weighted by Crippen LogP contribution is 2.45. The molecule has 0 spiro atoms. The average Bonchev–Trinajstić information content (AvgIpc) is 3.46. The molecule has 1 aromatic carbocycles. The van der Waals surface area contributed by atoms with Gasteiger partial charge in [-0.1, -0.05) is 24.3 Å². The maximum absolute atomic E-state index is 12.8. The van der Waals surface area contributed by atoms with Gasteiger partial charge < -0.3 is 31.2 Å². The molecule has 5 atom stereocenters. The number of nitrogens with one attached hydrogen (secondary N) is 3. The van der Waals surface area contributed by atoms with Crippen LogP contribution in [-0.2, 0) is 32.1 Å². The molecule has 0 aromatic heterocycles. The molecule has 2 fully saturated rings. The van der Waals surface area contributed by atoms with Crippen LogP contribution in [0.15, 0.2) is 24.3 Å². The summed E-state index contributed by atoms with van der Waals surface area (Å²) in [6.07, 6.45) is 2.73. The van der Waals surface area contributed by atoms with Crippen molar-refractivity contribution >= 4 is 17.9 Å². The Labute approximate surface area is 214 Å². The van der Waals surface area contributed by atoms with E-state index in [-0.39, 0.29) is 36.4 Å². The van der Waals surface area contributed by atoms with Gasteiger partial charge in [-0.2, -0.15) is 0 Å². The van der Waals surface area contributed by atoms with Crippen LogP contribution in [-0.4, -0.2) is 54.8 Å². The van der Waals surface area contributed by atoms with Crippen molar-refractivity contribution in [2.45, 2.75) is 90.2 Å². The maximum Gasteiger partial charge on any atom is 0.407 e. The predicted octanol–water partition coefficient (Wildman–Crippen LogP) is 2.41. The average molecular weight is 503 g/mol. The van der Waals surface area contributed by atoms with Crippen LogP contribution in [0.25, 0.3) is 0 Å². The van der Waals surface area contributed by atoms with Gasteiger partial charge in [0.05, 0.1) is 24.8 Å². The van der Waals surface area contributed by atoms with Crippen molar-refractivity contribution in [3.8, 4) is 0 Å². The third kappa shape index (κ3) is 9.09. The van der Waals surface area contributed by atoms with Gasteiger partial charge in [-0.25, -0.2) is 4.79 Å². The number of nitrogens with two attached hydrogens (primary N) is 1. The van der Waals surface area contributed by atoms with E-state index < -0.39 is 11.7 Å². The van der Waals surface area contributed by atoms with Crippen LogP contribution in [0, 0.1) is 11.8 Å². The van der Waals surface area contributed by atoms with Crippen molar-refractivity contribution in [1.29, 1.82) is 0 Å². The lowest BCUT2D eigenvalue weighted by molar-refractivity contribution is -0.126. The Morgan fingerprint density at radius 1 is 1.17 bits per heavy atom. The summed E-state index contributed by atoms with van der Waals surface area (Å²) in [7, 11) is 0. The number of ether oxygens (including phenoxy) is 2. The molecule has 0 unspecified atom stereocenters. The molecule has 3 amide bonds. The van der Waals surface area contributed by atoms with Crippen LogP contribution >= 0.6 is 0 Å². The Bertz CT molecular complexity index is 898. The van der Waals surface area contributed by atoms with Crippen molar-refractivity contribution < 1.29 is 23.9 Å². The van der Waals surface area contributed by atoms with E-state index in [1.165, 1.54) is 5.56 Å². The van der Waals surface area contributed by atoms with Gasteiger partial charge in [-0.15, -0.1) is 0 Å². The summed E-state index contributed by atoms with van der Waals surface area (Å²) in [5.74, 6) is 0.655. The van der Waals surface area contributed by atoms with E-state index in [4.69, 9.17) is 15.2 Å². The molecule has 3 rings (SSSR count). The van der Waals surface area contributed by atoms with Crippen LogP contribution in [0.2, 0.25) is 0 Å². The quantitative estimate of drug-likeness (QED) is 0.306. The SMILES string of the molecule is C[C@@H](OCc1ccc(CCCNC(=O)OC(C)(C)C)cc1)[C@H](CCC(N)=O)NC(=O)[C@H]1NC[C@H]2C[C@H]21. The van der Waals surface area contributed by atoms with Crippen LogP contribution in [0.1, 0.15) is 64.5 Å². The van der Waals surface area contributed by atoms with Crippen molar-refractivity contribution in [3.63, 3.8) is 0 Å². The third-order valence-corrected chi connectivity index (χ3v) is 6.73. The normalized spacial score (nSPS) is 22.3. The van der Waals surface area contributed by atoms with Gasteiger partial charge in [-0.05, 0) is 82.9 Å². The number of fused-ring (bicyclic) bond motifs is 1. The lowest BCUT2D eigenvalue weighted by atomic mass is 10.0. The van der Waals surface area contributed by atoms with Crippen molar-refractivity contribution in [2.24, 2.45) is 17.6 Å². The summed E-state index contributed by atoms with van der Waals surface area (Å²) in [6, 6.07) is 7.72. The molecule has 1 aliphatic heterocycles. The molecule has 0 bridgehead atoms. The summed E-state index contributed by atoms with van der Waals surface area (Å²) in [5.41, 5.74) is 7.05. The summed E-state index contributed by atoms with van der Waals surface area (Å²) < 4.78 is 11.3. The second kappa shape index (κ2) is 12.5. The summed E-state index contributed by atoms with van der Waals surface area (Å²) in [5, 5.41) is 9.16. The molecule has 5 N–H and O–H groups in total. The van der Waals surface area contributed by atoms with Gasteiger partial charge in [0.2, 0.25) is 11.8 Å². The van der Waals surface area contributed by atoms with E-state index in [0.29, 0.717) is 31.4 Å². The fourth-order valence-electron chi connectivity index (χ4n) is 4.57. The Morgan fingerprint density at radius 3 is 2.44 bits per heavy atom. The number of amides is 3. The van der Waals surface area contributed by atoms with Crippen LogP contribution in [0.5, 0.6) is 0 Å². The third-order valence-electron chi connectivity index (χ3n) is 6.73. The fraction of sp³-hybridized carbons (Fsp3) is 0.667. The molecule has 200 valence electrons. The second-order valence-corrected chi connectivity index (χ2v) is 11.0. The first-order valence-corrected chi connectivity index (χ1v) is 13.0.